The summed E-state index contributed by atoms with van der Waals surface area (Å²) in [6, 6.07) is 0. The minimum Gasteiger partial charge on any atom is -0.394 e. The van der Waals surface area contributed by atoms with Gasteiger partial charge in [0.1, 0.15) is 0 Å². The van der Waals surface area contributed by atoms with Crippen molar-refractivity contribution in [3.05, 3.63) is 0 Å². The number of hydrogen-bond donors (Lipinski definition) is 7. The van der Waals surface area contributed by atoms with Gasteiger partial charge in [0.15, 0.2) is 0 Å². The van der Waals surface area contributed by atoms with E-state index in [9.17, 15) is 0 Å². The molecule has 10 heteroatoms. The summed E-state index contributed by atoms with van der Waals surface area (Å²) in [6.45, 7) is 13.8. The first-order chi connectivity index (χ1) is 8.93. The van der Waals surface area contributed by atoms with Crippen LogP contribution >= 0.6 is 7.82 Å². The van der Waals surface area contributed by atoms with E-state index in [-0.39, 0.29) is 46.1 Å². The van der Waals surface area contributed by atoms with Gasteiger partial charge < -0.3 is 35.1 Å². The summed E-state index contributed by atoms with van der Waals surface area (Å²) in [5, 5.41) is 32.2. The van der Waals surface area contributed by atoms with Crippen molar-refractivity contribution in [2.75, 3.05) is 0 Å². The fourth-order valence-electron chi connectivity index (χ4n) is 0. The molecular weight excluding hydrogens is 351 g/mol. The molecule has 8 nitrogen and oxygen atoms in total. The van der Waals surface area contributed by atoms with E-state index in [2.05, 4.69) is 0 Å². The number of aliphatic hydroxyl groups excluding tert-OH is 4. The predicted octanol–water partition coefficient (Wildman–Crippen LogP) is 0.617. The Morgan fingerprint density at radius 3 is 0.545 bits per heavy atom. The van der Waals surface area contributed by atoms with Crippen LogP contribution in [0.1, 0.15) is 55.4 Å². The van der Waals surface area contributed by atoms with E-state index < -0.39 is 7.82 Å². The molecule has 140 valence electrons. The Balaban J connectivity index is -0.0000000361. The number of hydrogen-bond acceptors (Lipinski definition) is 5. The second-order valence-corrected chi connectivity index (χ2v) is 5.91. The molecule has 22 heavy (non-hydrogen) atoms. The van der Waals surface area contributed by atoms with Crippen LogP contribution in [0.15, 0.2) is 0 Å². The van der Waals surface area contributed by atoms with Crippen molar-refractivity contribution in [1.29, 1.82) is 0 Å². The number of rotatable bonds is 0. The molecule has 0 aliphatic rings. The Labute approximate surface area is 149 Å². The third-order valence-electron chi connectivity index (χ3n) is 0. The van der Waals surface area contributed by atoms with E-state index in [1.54, 1.807) is 55.4 Å². The van der Waals surface area contributed by atoms with E-state index in [1.165, 1.54) is 0 Å². The number of aliphatic hydroxyl groups is 4. The maximum absolute atomic E-state index is 8.88. The molecule has 0 unspecified atom stereocenters. The molecule has 0 saturated carbocycles. The zero-order chi connectivity index (χ0) is 18.8. The van der Waals surface area contributed by atoms with Gasteiger partial charge in [-0.2, -0.15) is 0 Å². The van der Waals surface area contributed by atoms with E-state index in [0.717, 1.165) is 0 Å². The summed E-state index contributed by atoms with van der Waals surface area (Å²) >= 11 is 0. The molecular formula is C12H35O8PTi. The van der Waals surface area contributed by atoms with Gasteiger partial charge in [-0.25, -0.2) is 4.57 Å². The van der Waals surface area contributed by atoms with Gasteiger partial charge in [0, 0.05) is 46.1 Å². The summed E-state index contributed by atoms with van der Waals surface area (Å²) in [7, 11) is -4.64. The van der Waals surface area contributed by atoms with Crippen LogP contribution < -0.4 is 0 Å². The maximum atomic E-state index is 8.88. The second-order valence-electron chi connectivity index (χ2n) is 4.89. The van der Waals surface area contributed by atoms with Crippen LogP contribution in [0.2, 0.25) is 0 Å². The fourth-order valence-corrected chi connectivity index (χ4v) is 0. The van der Waals surface area contributed by atoms with Crippen LogP contribution in [0.4, 0.5) is 0 Å². The van der Waals surface area contributed by atoms with Crippen molar-refractivity contribution >= 4 is 7.82 Å². The van der Waals surface area contributed by atoms with Crippen molar-refractivity contribution in [3.8, 4) is 0 Å². The Morgan fingerprint density at radius 2 is 0.545 bits per heavy atom. The van der Waals surface area contributed by atoms with Gasteiger partial charge >= 0.3 is 7.82 Å². The minimum atomic E-state index is -4.64. The van der Waals surface area contributed by atoms with Crippen molar-refractivity contribution in [1.82, 2.24) is 0 Å². The molecule has 0 heterocycles. The zero-order valence-corrected chi connectivity index (χ0v) is 17.3. The van der Waals surface area contributed by atoms with Crippen LogP contribution in [0.3, 0.4) is 0 Å². The summed E-state index contributed by atoms with van der Waals surface area (Å²) < 4.78 is 8.88. The quantitative estimate of drug-likeness (QED) is 0.236. The minimum absolute atomic E-state index is 0. The van der Waals surface area contributed by atoms with Crippen LogP contribution in [0, 0.1) is 0 Å². The van der Waals surface area contributed by atoms with Crippen molar-refractivity contribution in [3.63, 3.8) is 0 Å². The molecule has 0 aromatic carbocycles. The topological polar surface area (TPSA) is 159 Å². The van der Waals surface area contributed by atoms with Crippen LogP contribution in [0.5, 0.6) is 0 Å². The molecule has 0 radical (unpaired) electrons. The Kier molecular flexibility index (Phi) is 46.2. The van der Waals surface area contributed by atoms with Crippen LogP contribution in [0.25, 0.3) is 0 Å². The SMILES string of the molecule is CC(C)O.CC(C)O.CC(C)O.CC(C)O.O=P(O)(O)O.[Ti]. The largest absolute Gasteiger partial charge is 0.466 e. The predicted molar refractivity (Wildman–Crippen MR) is 83.7 cm³/mol. The van der Waals surface area contributed by atoms with Gasteiger partial charge in [-0.1, -0.05) is 0 Å². The van der Waals surface area contributed by atoms with Gasteiger partial charge in [-0.3, -0.25) is 0 Å². The molecule has 0 rings (SSSR count). The molecule has 0 saturated heterocycles. The van der Waals surface area contributed by atoms with Gasteiger partial charge in [-0.15, -0.1) is 0 Å². The Bertz CT molecular complexity index is 164. The van der Waals surface area contributed by atoms with Crippen LogP contribution in [-0.2, 0) is 26.3 Å². The van der Waals surface area contributed by atoms with E-state index >= 15 is 0 Å². The van der Waals surface area contributed by atoms with E-state index in [4.69, 9.17) is 39.7 Å². The first-order valence-electron chi connectivity index (χ1n) is 6.43. The summed E-state index contributed by atoms with van der Waals surface area (Å²) in [6.07, 6.45) is -0.667. The molecule has 7 N–H and O–H groups in total. The summed E-state index contributed by atoms with van der Waals surface area (Å²) in [4.78, 5) is 21.6. The average Bonchev–Trinajstić information content (AvgIpc) is 1.91. The third kappa shape index (κ3) is 18100. The summed E-state index contributed by atoms with van der Waals surface area (Å²) in [5.74, 6) is 0. The smallest absolute Gasteiger partial charge is 0.394 e. The monoisotopic (exact) mass is 386 g/mol. The molecule has 0 spiro atoms. The molecule has 0 fully saturated rings. The van der Waals surface area contributed by atoms with E-state index in [0.29, 0.717) is 0 Å². The Hall–Kier alpha value is 0.664. The van der Waals surface area contributed by atoms with Gasteiger partial charge in [0.2, 0.25) is 0 Å². The fraction of sp³-hybridized carbons (Fsp3) is 1.00. The first kappa shape index (κ1) is 38.3. The van der Waals surface area contributed by atoms with Crippen LogP contribution in [-0.4, -0.2) is 59.5 Å². The molecule has 0 bridgehead atoms. The molecule has 0 amide bonds. The standard InChI is InChI=1S/4C3H8O.H3O4P.Ti/c4*1-3(2)4;1-5(2,3)4;/h4*3-4H,1-2H3;(H3,1,2,3,4);. The first-order valence-corrected chi connectivity index (χ1v) is 8.00. The van der Waals surface area contributed by atoms with Crippen molar-refractivity contribution in [2.24, 2.45) is 0 Å². The molecule has 0 aromatic heterocycles. The van der Waals surface area contributed by atoms with Gasteiger partial charge in [-0.05, 0) is 55.4 Å². The van der Waals surface area contributed by atoms with Gasteiger partial charge in [0.05, 0.1) is 0 Å². The molecule has 0 atom stereocenters. The Morgan fingerprint density at radius 1 is 0.545 bits per heavy atom. The second kappa shape index (κ2) is 26.6. The molecule has 0 aliphatic carbocycles. The van der Waals surface area contributed by atoms with Crippen molar-refractivity contribution in [2.45, 2.75) is 79.8 Å². The average molecular weight is 386 g/mol. The summed E-state index contributed by atoms with van der Waals surface area (Å²) in [5.41, 5.74) is 0. The maximum Gasteiger partial charge on any atom is 0.466 e. The number of phosphoric acid groups is 1. The third-order valence-corrected chi connectivity index (χ3v) is 0. The van der Waals surface area contributed by atoms with E-state index in [1.807, 2.05) is 0 Å². The normalized spacial score (nSPS) is 9.23. The van der Waals surface area contributed by atoms with Gasteiger partial charge in [0.25, 0.3) is 0 Å². The zero-order valence-electron chi connectivity index (χ0n) is 14.8. The van der Waals surface area contributed by atoms with Crippen molar-refractivity contribution < 1.29 is 61.4 Å². The molecule has 0 aromatic rings. The molecule has 0 aliphatic heterocycles.